The van der Waals surface area contributed by atoms with Crippen LogP contribution < -0.4 is 4.74 Å². The van der Waals surface area contributed by atoms with Crippen LogP contribution in [0.2, 0.25) is 10.0 Å². The topological polar surface area (TPSA) is 55.8 Å². The minimum absolute atomic E-state index is 0.175. The molecule has 0 bridgehead atoms. The van der Waals surface area contributed by atoms with Gasteiger partial charge in [-0.15, -0.1) is 0 Å². The summed E-state index contributed by atoms with van der Waals surface area (Å²) in [7, 11) is -3.74. The predicted molar refractivity (Wildman–Crippen MR) is 106 cm³/mol. The van der Waals surface area contributed by atoms with Gasteiger partial charge in [-0.1, -0.05) is 29.3 Å². The van der Waals surface area contributed by atoms with Crippen molar-refractivity contribution < 1.29 is 17.9 Å². The summed E-state index contributed by atoms with van der Waals surface area (Å²) in [6, 6.07) is 10.3. The van der Waals surface area contributed by atoms with Crippen LogP contribution in [0.25, 0.3) is 0 Å². The van der Waals surface area contributed by atoms with Gasteiger partial charge in [0.15, 0.2) is 0 Å². The van der Waals surface area contributed by atoms with Crippen LogP contribution in [-0.4, -0.2) is 39.0 Å². The summed E-state index contributed by atoms with van der Waals surface area (Å²) in [5.74, 6) is 0.358. The summed E-state index contributed by atoms with van der Waals surface area (Å²) in [4.78, 5) is 0.175. The Labute approximate surface area is 169 Å². The van der Waals surface area contributed by atoms with E-state index in [1.165, 1.54) is 4.31 Å². The molecule has 0 radical (unpaired) electrons. The van der Waals surface area contributed by atoms with E-state index in [4.69, 9.17) is 32.7 Å². The largest absolute Gasteiger partial charge is 0.492 e. The van der Waals surface area contributed by atoms with Gasteiger partial charge in [0.2, 0.25) is 10.0 Å². The molecule has 0 aromatic heterocycles. The summed E-state index contributed by atoms with van der Waals surface area (Å²) in [6.07, 6.45) is -0.440. The fourth-order valence-corrected chi connectivity index (χ4v) is 5.22. The normalized spacial score (nSPS) is 18.4. The first-order chi connectivity index (χ1) is 12.8. The molecular formula is C19H21Cl2NO4S. The van der Waals surface area contributed by atoms with Gasteiger partial charge in [-0.05, 0) is 55.3 Å². The maximum Gasteiger partial charge on any atom is 0.246 e. The molecule has 1 atom stereocenters. The van der Waals surface area contributed by atoms with E-state index in [1.807, 2.05) is 19.9 Å². The Hall–Kier alpha value is -1.31. The van der Waals surface area contributed by atoms with Crippen LogP contribution in [0.1, 0.15) is 24.2 Å². The molecule has 0 aliphatic carbocycles. The highest BCUT2D eigenvalue weighted by atomic mass is 35.5. The molecule has 1 fully saturated rings. The van der Waals surface area contributed by atoms with Gasteiger partial charge in [-0.25, -0.2) is 8.42 Å². The number of nitrogens with zero attached hydrogens (tertiary/aromatic N) is 1. The molecule has 3 rings (SSSR count). The molecule has 1 heterocycles. The Bertz CT molecular complexity index is 913. The maximum atomic E-state index is 13.3. The number of sulfonamides is 1. The van der Waals surface area contributed by atoms with Crippen LogP contribution in [0.5, 0.6) is 5.75 Å². The first kappa shape index (κ1) is 20.4. The van der Waals surface area contributed by atoms with Gasteiger partial charge >= 0.3 is 0 Å². The fraction of sp³-hybridized carbons (Fsp3) is 0.368. The molecule has 27 heavy (non-hydrogen) atoms. The van der Waals surface area contributed by atoms with Crippen LogP contribution in [-0.2, 0) is 14.8 Å². The fourth-order valence-electron chi connectivity index (χ4n) is 3.04. The van der Waals surface area contributed by atoms with Crippen molar-refractivity contribution in [2.75, 3.05) is 26.3 Å². The molecule has 0 spiro atoms. The minimum atomic E-state index is -3.74. The standard InChI is InChI=1S/C19H21Cl2NO4S/c1-3-25-17-5-4-13(2)8-19(17)27(23,24)22-6-7-26-18(12-22)14-9-15(20)11-16(21)10-14/h4-5,8-11,18H,3,6-7,12H2,1-2H3. The van der Waals surface area contributed by atoms with Crippen molar-refractivity contribution in [1.29, 1.82) is 0 Å². The van der Waals surface area contributed by atoms with E-state index >= 15 is 0 Å². The lowest BCUT2D eigenvalue weighted by molar-refractivity contribution is -0.00259. The molecular weight excluding hydrogens is 409 g/mol. The second-order valence-electron chi connectivity index (χ2n) is 6.31. The van der Waals surface area contributed by atoms with Gasteiger partial charge in [0.05, 0.1) is 19.3 Å². The molecule has 0 amide bonds. The molecule has 1 saturated heterocycles. The Kier molecular flexibility index (Phi) is 6.33. The summed E-state index contributed by atoms with van der Waals surface area (Å²) < 4.78 is 39.3. The number of morpholine rings is 1. The Morgan fingerprint density at radius 1 is 1.19 bits per heavy atom. The number of rotatable bonds is 5. The lowest BCUT2D eigenvalue weighted by Gasteiger charge is -2.33. The van der Waals surface area contributed by atoms with Crippen molar-refractivity contribution in [1.82, 2.24) is 4.31 Å². The first-order valence-electron chi connectivity index (χ1n) is 8.62. The first-order valence-corrected chi connectivity index (χ1v) is 10.8. The van der Waals surface area contributed by atoms with Crippen LogP contribution >= 0.6 is 23.2 Å². The van der Waals surface area contributed by atoms with Gasteiger partial charge in [-0.3, -0.25) is 0 Å². The molecule has 8 heteroatoms. The zero-order valence-corrected chi connectivity index (χ0v) is 17.4. The van der Waals surface area contributed by atoms with Crippen molar-refractivity contribution in [3.63, 3.8) is 0 Å². The quantitative estimate of drug-likeness (QED) is 0.703. The van der Waals surface area contributed by atoms with E-state index in [1.54, 1.807) is 30.3 Å². The summed E-state index contributed by atoms with van der Waals surface area (Å²) in [6.45, 7) is 4.79. The Balaban J connectivity index is 1.92. The highest BCUT2D eigenvalue weighted by Crippen LogP contribution is 2.33. The highest BCUT2D eigenvalue weighted by molar-refractivity contribution is 7.89. The van der Waals surface area contributed by atoms with Gasteiger partial charge in [-0.2, -0.15) is 4.31 Å². The van der Waals surface area contributed by atoms with E-state index in [0.717, 1.165) is 11.1 Å². The van der Waals surface area contributed by atoms with E-state index in [9.17, 15) is 8.42 Å². The average molecular weight is 430 g/mol. The third-order valence-electron chi connectivity index (χ3n) is 4.30. The van der Waals surface area contributed by atoms with E-state index in [2.05, 4.69) is 0 Å². The van der Waals surface area contributed by atoms with Crippen molar-refractivity contribution in [2.45, 2.75) is 24.8 Å². The van der Waals surface area contributed by atoms with Crippen LogP contribution in [0, 0.1) is 6.92 Å². The summed E-state index contributed by atoms with van der Waals surface area (Å²) >= 11 is 12.2. The lowest BCUT2D eigenvalue weighted by Crippen LogP contribution is -2.42. The molecule has 1 aliphatic rings. The Morgan fingerprint density at radius 2 is 1.89 bits per heavy atom. The van der Waals surface area contributed by atoms with Gasteiger partial charge < -0.3 is 9.47 Å². The zero-order valence-electron chi connectivity index (χ0n) is 15.1. The number of aryl methyl sites for hydroxylation is 1. The van der Waals surface area contributed by atoms with E-state index < -0.39 is 16.1 Å². The molecule has 0 N–H and O–H groups in total. The molecule has 146 valence electrons. The Morgan fingerprint density at radius 3 is 2.56 bits per heavy atom. The van der Waals surface area contributed by atoms with Gasteiger partial charge in [0.1, 0.15) is 10.6 Å². The lowest BCUT2D eigenvalue weighted by atomic mass is 10.1. The van der Waals surface area contributed by atoms with Crippen LogP contribution in [0.3, 0.4) is 0 Å². The SMILES string of the molecule is CCOc1ccc(C)cc1S(=O)(=O)N1CCOC(c2cc(Cl)cc(Cl)c2)C1. The smallest absolute Gasteiger partial charge is 0.246 e. The molecule has 5 nitrogen and oxygen atoms in total. The second kappa shape index (κ2) is 8.37. The number of benzene rings is 2. The number of hydrogen-bond donors (Lipinski definition) is 0. The maximum absolute atomic E-state index is 13.3. The molecule has 2 aromatic rings. The number of ether oxygens (including phenoxy) is 2. The van der Waals surface area contributed by atoms with Crippen molar-refractivity contribution >= 4 is 33.2 Å². The summed E-state index contributed by atoms with van der Waals surface area (Å²) in [5, 5.41) is 0.969. The van der Waals surface area contributed by atoms with Crippen molar-refractivity contribution in [3.05, 3.63) is 57.6 Å². The third kappa shape index (κ3) is 4.58. The van der Waals surface area contributed by atoms with E-state index in [0.29, 0.717) is 22.4 Å². The second-order valence-corrected chi connectivity index (χ2v) is 9.09. The molecule has 0 saturated carbocycles. The van der Waals surface area contributed by atoms with Gasteiger partial charge in [0.25, 0.3) is 0 Å². The molecule has 1 aliphatic heterocycles. The third-order valence-corrected chi connectivity index (χ3v) is 6.63. The average Bonchev–Trinajstić information content (AvgIpc) is 2.62. The highest BCUT2D eigenvalue weighted by Gasteiger charge is 2.33. The molecule has 2 aromatic carbocycles. The van der Waals surface area contributed by atoms with Crippen LogP contribution in [0.4, 0.5) is 0 Å². The minimum Gasteiger partial charge on any atom is -0.492 e. The summed E-state index contributed by atoms with van der Waals surface area (Å²) in [5.41, 5.74) is 1.60. The van der Waals surface area contributed by atoms with Crippen molar-refractivity contribution in [3.8, 4) is 5.75 Å². The van der Waals surface area contributed by atoms with E-state index in [-0.39, 0.29) is 24.6 Å². The van der Waals surface area contributed by atoms with Crippen LogP contribution in [0.15, 0.2) is 41.3 Å². The van der Waals surface area contributed by atoms with Gasteiger partial charge in [0, 0.05) is 23.1 Å². The number of halogens is 2. The monoisotopic (exact) mass is 429 g/mol. The zero-order chi connectivity index (χ0) is 19.6. The number of hydrogen-bond acceptors (Lipinski definition) is 4. The van der Waals surface area contributed by atoms with Crippen molar-refractivity contribution in [2.24, 2.45) is 0 Å². The predicted octanol–water partition coefficient (Wildman–Crippen LogP) is 4.46. The molecule has 1 unspecified atom stereocenters.